The molecule has 0 atom stereocenters. The number of aryl methyl sites for hydroxylation is 2. The number of H-pyrrole nitrogens is 1. The number of piperazine rings is 1. The Hall–Kier alpha value is -3.51. The van der Waals surface area contributed by atoms with E-state index in [4.69, 9.17) is 4.42 Å². The maximum absolute atomic E-state index is 13.2. The Balaban J connectivity index is 1.40. The zero-order valence-corrected chi connectivity index (χ0v) is 18.2. The minimum absolute atomic E-state index is 0.114. The fourth-order valence-corrected chi connectivity index (χ4v) is 5.59. The summed E-state index contributed by atoms with van der Waals surface area (Å²) in [6, 6.07) is 3.38. The molecule has 1 amide bonds. The third-order valence-electron chi connectivity index (χ3n) is 5.72. The summed E-state index contributed by atoms with van der Waals surface area (Å²) in [5.41, 5.74) is 0.414. The van der Waals surface area contributed by atoms with Crippen LogP contribution in [0.15, 0.2) is 45.0 Å². The Bertz CT molecular complexity index is 1530. The molecule has 1 N–H and O–H groups in total. The average Bonchev–Trinajstić information content (AvgIpc) is 3.37. The first-order valence-electron chi connectivity index (χ1n) is 9.95. The SMILES string of the molecule is Cc1oc2ncn(C)c(=O)c2c1C(=O)N1CCN(S(=O)(=O)c2c[nH]c3ncccc23)CC1. The van der Waals surface area contributed by atoms with Gasteiger partial charge in [0, 0.05) is 51.0 Å². The maximum Gasteiger partial charge on any atom is 0.265 e. The van der Waals surface area contributed by atoms with Crippen molar-refractivity contribution in [3.63, 3.8) is 0 Å². The normalized spacial score (nSPS) is 15.6. The van der Waals surface area contributed by atoms with Gasteiger partial charge in [0.25, 0.3) is 11.5 Å². The topological polar surface area (TPSA) is 134 Å². The lowest BCUT2D eigenvalue weighted by atomic mass is 10.1. The van der Waals surface area contributed by atoms with Gasteiger partial charge in [0.05, 0.1) is 5.56 Å². The molecule has 1 aliphatic rings. The molecule has 0 aliphatic carbocycles. The van der Waals surface area contributed by atoms with E-state index in [1.54, 1.807) is 32.3 Å². The second-order valence-electron chi connectivity index (χ2n) is 7.62. The summed E-state index contributed by atoms with van der Waals surface area (Å²) >= 11 is 0. The first kappa shape index (κ1) is 20.4. The number of carbonyl (C=O) groups excluding carboxylic acids is 1. The van der Waals surface area contributed by atoms with E-state index in [-0.39, 0.29) is 59.2 Å². The van der Waals surface area contributed by atoms with Crippen LogP contribution >= 0.6 is 0 Å². The minimum atomic E-state index is -3.76. The lowest BCUT2D eigenvalue weighted by molar-refractivity contribution is 0.0697. The monoisotopic (exact) mass is 456 g/mol. The molecule has 0 saturated carbocycles. The van der Waals surface area contributed by atoms with Gasteiger partial charge in [-0.25, -0.2) is 18.4 Å². The van der Waals surface area contributed by atoms with Gasteiger partial charge in [-0.1, -0.05) is 0 Å². The quantitative estimate of drug-likeness (QED) is 0.483. The van der Waals surface area contributed by atoms with Crippen molar-refractivity contribution in [1.29, 1.82) is 0 Å². The number of pyridine rings is 1. The number of amides is 1. The van der Waals surface area contributed by atoms with Crippen LogP contribution < -0.4 is 5.56 Å². The molecule has 0 unspecified atom stereocenters. The summed E-state index contributed by atoms with van der Waals surface area (Å²) in [6.45, 7) is 2.25. The van der Waals surface area contributed by atoms with Crippen LogP contribution in [0, 0.1) is 6.92 Å². The Morgan fingerprint density at radius 2 is 1.94 bits per heavy atom. The van der Waals surface area contributed by atoms with Crippen molar-refractivity contribution in [2.24, 2.45) is 7.05 Å². The Labute approximate surface area is 182 Å². The summed E-state index contributed by atoms with van der Waals surface area (Å²) in [4.78, 5) is 38.6. The average molecular weight is 456 g/mol. The number of hydrogen-bond donors (Lipinski definition) is 1. The molecule has 0 radical (unpaired) electrons. The van der Waals surface area contributed by atoms with Crippen LogP contribution in [0.25, 0.3) is 22.1 Å². The van der Waals surface area contributed by atoms with Crippen molar-refractivity contribution in [2.45, 2.75) is 11.8 Å². The van der Waals surface area contributed by atoms with E-state index in [9.17, 15) is 18.0 Å². The van der Waals surface area contributed by atoms with Gasteiger partial charge in [0.15, 0.2) is 0 Å². The van der Waals surface area contributed by atoms with Crippen molar-refractivity contribution in [3.8, 4) is 0 Å². The molecule has 0 spiro atoms. The van der Waals surface area contributed by atoms with Gasteiger partial charge in [0.1, 0.15) is 28.0 Å². The molecule has 0 bridgehead atoms. The lowest BCUT2D eigenvalue weighted by Gasteiger charge is -2.33. The molecule has 11 nitrogen and oxygen atoms in total. The molecule has 166 valence electrons. The highest BCUT2D eigenvalue weighted by atomic mass is 32.2. The number of carbonyl (C=O) groups is 1. The Morgan fingerprint density at radius 1 is 1.19 bits per heavy atom. The molecule has 1 aliphatic heterocycles. The van der Waals surface area contributed by atoms with E-state index in [2.05, 4.69) is 15.0 Å². The highest BCUT2D eigenvalue weighted by Gasteiger charge is 2.34. The lowest BCUT2D eigenvalue weighted by Crippen LogP contribution is -2.50. The fraction of sp³-hybridized carbons (Fsp3) is 0.300. The highest BCUT2D eigenvalue weighted by Crippen LogP contribution is 2.27. The molecule has 4 aromatic heterocycles. The number of sulfonamides is 1. The van der Waals surface area contributed by atoms with Crippen molar-refractivity contribution >= 4 is 38.1 Å². The molecular formula is C20H20N6O5S. The standard InChI is InChI=1S/C20H20N6O5S/c1-12-15(16-18(31-12)23-11-24(2)19(16)27)20(28)25-6-8-26(9-7-25)32(29,30)14-10-22-17-13(14)4-3-5-21-17/h3-5,10-11H,6-9H2,1-2H3,(H,21,22). The van der Waals surface area contributed by atoms with Gasteiger partial charge in [0.2, 0.25) is 15.7 Å². The van der Waals surface area contributed by atoms with Gasteiger partial charge in [-0.05, 0) is 19.1 Å². The van der Waals surface area contributed by atoms with Gasteiger partial charge >= 0.3 is 0 Å². The van der Waals surface area contributed by atoms with E-state index in [1.165, 1.54) is 26.3 Å². The third-order valence-corrected chi connectivity index (χ3v) is 7.66. The van der Waals surface area contributed by atoms with Crippen LogP contribution in [-0.4, -0.2) is 69.2 Å². The van der Waals surface area contributed by atoms with E-state index >= 15 is 0 Å². The number of fused-ring (bicyclic) bond motifs is 2. The molecule has 0 aromatic carbocycles. The first-order valence-corrected chi connectivity index (χ1v) is 11.4. The molecule has 1 fully saturated rings. The number of rotatable bonds is 3. The smallest absolute Gasteiger partial charge is 0.265 e. The van der Waals surface area contributed by atoms with Crippen LogP contribution in [0.4, 0.5) is 0 Å². The van der Waals surface area contributed by atoms with E-state index < -0.39 is 10.0 Å². The summed E-state index contributed by atoms with van der Waals surface area (Å²) < 4.78 is 34.5. The maximum atomic E-state index is 13.2. The number of aromatic amines is 1. The van der Waals surface area contributed by atoms with E-state index in [0.29, 0.717) is 16.8 Å². The fourth-order valence-electron chi connectivity index (χ4n) is 4.02. The summed E-state index contributed by atoms with van der Waals surface area (Å²) in [5, 5.41) is 0.661. The second-order valence-corrected chi connectivity index (χ2v) is 9.53. The van der Waals surface area contributed by atoms with Crippen LogP contribution in [0.5, 0.6) is 0 Å². The van der Waals surface area contributed by atoms with Gasteiger partial charge in [-0.3, -0.25) is 9.59 Å². The zero-order chi connectivity index (χ0) is 22.6. The predicted octanol–water partition coefficient (Wildman–Crippen LogP) is 0.858. The van der Waals surface area contributed by atoms with Crippen molar-refractivity contribution in [2.75, 3.05) is 26.2 Å². The number of nitrogens with one attached hydrogen (secondary N) is 1. The summed E-state index contributed by atoms with van der Waals surface area (Å²) in [6.07, 6.45) is 4.37. The van der Waals surface area contributed by atoms with E-state index in [0.717, 1.165) is 0 Å². The van der Waals surface area contributed by atoms with Crippen LogP contribution in [-0.2, 0) is 17.1 Å². The number of furan rings is 1. The Kier molecular flexibility index (Phi) is 4.64. The largest absolute Gasteiger partial charge is 0.442 e. The highest BCUT2D eigenvalue weighted by molar-refractivity contribution is 7.89. The van der Waals surface area contributed by atoms with E-state index in [1.807, 2.05) is 0 Å². The number of hydrogen-bond acceptors (Lipinski definition) is 7. The molecule has 5 heterocycles. The minimum Gasteiger partial charge on any atom is -0.442 e. The molecule has 1 saturated heterocycles. The summed E-state index contributed by atoms with van der Waals surface area (Å²) in [5.74, 6) is -0.0677. The molecule has 32 heavy (non-hydrogen) atoms. The van der Waals surface area contributed by atoms with Crippen molar-refractivity contribution in [3.05, 3.63) is 52.5 Å². The van der Waals surface area contributed by atoms with Crippen LogP contribution in [0.2, 0.25) is 0 Å². The second kappa shape index (κ2) is 7.28. The van der Waals surface area contributed by atoms with Gasteiger partial charge in [-0.15, -0.1) is 0 Å². The predicted molar refractivity (Wildman–Crippen MR) is 115 cm³/mol. The number of aromatic nitrogens is 4. The first-order chi connectivity index (χ1) is 15.3. The number of nitrogens with zero attached hydrogens (tertiary/aromatic N) is 5. The Morgan fingerprint density at radius 3 is 2.69 bits per heavy atom. The molecule has 12 heteroatoms. The molecule has 5 rings (SSSR count). The van der Waals surface area contributed by atoms with Crippen LogP contribution in [0.1, 0.15) is 16.1 Å². The zero-order valence-electron chi connectivity index (χ0n) is 17.4. The van der Waals surface area contributed by atoms with Gasteiger partial charge < -0.3 is 18.9 Å². The summed E-state index contributed by atoms with van der Waals surface area (Å²) in [7, 11) is -2.21. The van der Waals surface area contributed by atoms with Crippen molar-refractivity contribution in [1.82, 2.24) is 28.7 Å². The van der Waals surface area contributed by atoms with Crippen molar-refractivity contribution < 1.29 is 17.6 Å². The molecular weight excluding hydrogens is 436 g/mol. The third kappa shape index (κ3) is 3.02. The molecule has 4 aromatic rings. The van der Waals surface area contributed by atoms with Crippen LogP contribution in [0.3, 0.4) is 0 Å². The van der Waals surface area contributed by atoms with Gasteiger partial charge in [-0.2, -0.15) is 4.31 Å².